The van der Waals surface area contributed by atoms with Gasteiger partial charge in [0.15, 0.2) is 5.01 Å². The highest BCUT2D eigenvalue weighted by Gasteiger charge is 2.47. The molecule has 17 heteroatoms. The van der Waals surface area contributed by atoms with Crippen LogP contribution in [0, 0.1) is 0 Å². The van der Waals surface area contributed by atoms with E-state index >= 15 is 0 Å². The summed E-state index contributed by atoms with van der Waals surface area (Å²) in [5.74, 6) is -6.18. The Kier molecular flexibility index (Phi) is 8.67. The van der Waals surface area contributed by atoms with Crippen LogP contribution in [-0.2, 0) is 6.18 Å². The van der Waals surface area contributed by atoms with Gasteiger partial charge in [-0.2, -0.15) is 26.3 Å². The van der Waals surface area contributed by atoms with E-state index in [-0.39, 0.29) is 0 Å². The highest BCUT2D eigenvalue weighted by molar-refractivity contribution is 7.17. The number of pyridine rings is 1. The van der Waals surface area contributed by atoms with E-state index in [9.17, 15) is 49.8 Å². The summed E-state index contributed by atoms with van der Waals surface area (Å²) < 4.78 is 109. The number of likely N-dealkylation sites (tertiary alicyclic amines) is 1. The molecule has 0 saturated carbocycles. The molecule has 0 aliphatic carbocycles. The predicted molar refractivity (Wildman–Crippen MR) is 133 cm³/mol. The number of alkyl halides is 8. The van der Waals surface area contributed by atoms with Gasteiger partial charge in [-0.3, -0.25) is 9.59 Å². The van der Waals surface area contributed by atoms with Gasteiger partial charge in [0.25, 0.3) is 17.7 Å². The lowest BCUT2D eigenvalue weighted by Crippen LogP contribution is -2.47. The van der Waals surface area contributed by atoms with Gasteiger partial charge < -0.3 is 20.6 Å². The average molecular weight is 618 g/mol. The lowest BCUT2D eigenvalue weighted by molar-refractivity contribution is -0.138. The Balaban J connectivity index is 2.16. The normalized spacial score (nSPS) is 19.2. The summed E-state index contributed by atoms with van der Waals surface area (Å²) in [6, 6.07) is -3.84. The third kappa shape index (κ3) is 7.42. The first-order chi connectivity index (χ1) is 18.5. The molecular weight excluding hydrogens is 590 g/mol. The summed E-state index contributed by atoms with van der Waals surface area (Å²) in [7, 11) is 0. The molecule has 1 aliphatic rings. The third-order valence-electron chi connectivity index (χ3n) is 6.53. The highest BCUT2D eigenvalue weighted by atomic mass is 32.1. The zero-order valence-electron chi connectivity index (χ0n) is 22.3. The molecule has 0 aromatic carbocycles. The van der Waals surface area contributed by atoms with Gasteiger partial charge in [-0.1, -0.05) is 0 Å². The summed E-state index contributed by atoms with van der Waals surface area (Å²) in [6.07, 6.45) is -10.1. The Morgan fingerprint density at radius 1 is 1.15 bits per heavy atom. The zero-order valence-corrected chi connectivity index (χ0v) is 23.2. The second-order valence-electron chi connectivity index (χ2n) is 10.4. The van der Waals surface area contributed by atoms with Crippen molar-refractivity contribution in [3.63, 3.8) is 0 Å². The number of nitrogens with zero attached hydrogens (tertiary/aromatic N) is 3. The monoisotopic (exact) mass is 617 g/mol. The minimum atomic E-state index is -5.17. The quantitative estimate of drug-likeness (QED) is 0.362. The number of carbonyl (C=O) groups excluding carboxylic acids is 2. The first-order valence-electron chi connectivity index (χ1n) is 12.1. The maximum Gasteiger partial charge on any atom is 0.417 e. The van der Waals surface area contributed by atoms with E-state index in [0.29, 0.717) is 30.5 Å². The van der Waals surface area contributed by atoms with Crippen molar-refractivity contribution in [1.82, 2.24) is 20.2 Å². The minimum Gasteiger partial charge on any atom is -0.388 e. The molecule has 41 heavy (non-hydrogen) atoms. The van der Waals surface area contributed by atoms with Gasteiger partial charge >= 0.3 is 12.4 Å². The molecule has 3 unspecified atom stereocenters. The fourth-order valence-electron chi connectivity index (χ4n) is 3.85. The fourth-order valence-corrected chi connectivity index (χ4v) is 4.84. The Bertz CT molecular complexity index is 1310. The van der Waals surface area contributed by atoms with Crippen molar-refractivity contribution in [2.75, 3.05) is 11.9 Å². The van der Waals surface area contributed by atoms with Crippen LogP contribution in [-0.4, -0.2) is 74.2 Å². The van der Waals surface area contributed by atoms with Crippen molar-refractivity contribution in [2.45, 2.75) is 83.0 Å². The van der Waals surface area contributed by atoms with Crippen LogP contribution >= 0.6 is 11.3 Å². The number of aromatic nitrogens is 2. The van der Waals surface area contributed by atoms with E-state index < -0.39 is 99.3 Å². The number of rotatable bonds is 7. The summed E-state index contributed by atoms with van der Waals surface area (Å²) in [6.45, 7) is 5.15. The summed E-state index contributed by atoms with van der Waals surface area (Å²) in [4.78, 5) is 34.0. The van der Waals surface area contributed by atoms with Crippen LogP contribution in [0.4, 0.5) is 40.9 Å². The molecule has 0 spiro atoms. The molecule has 228 valence electrons. The molecular formula is C24H27F8N5O3S. The van der Waals surface area contributed by atoms with Crippen LogP contribution in [0.2, 0.25) is 0 Å². The standard InChI is InChI=1S/C24H27F8N5O3S/c1-10-7-22(25,26)9-37(10)20(39)16-17(41-19(36-16)18(38)35-11(2)21(4,5)40)13-8-33-15(6-14(13)24(30,31)32)34-12(3)23(27,28)29/h6,8,10-12,40H,7,9H2,1-5H3,(H,33,34)(H,35,38). The SMILES string of the molecule is CC1CC(F)(F)CN1C(=O)c1nc(C(=O)NC(C)C(C)(C)O)sc1-c1cnc(NC(C)C(F)(F)F)cc1C(F)(F)F. The van der Waals surface area contributed by atoms with Crippen LogP contribution in [0.3, 0.4) is 0 Å². The number of amides is 2. The molecule has 2 amide bonds. The van der Waals surface area contributed by atoms with Crippen LogP contribution < -0.4 is 10.6 Å². The van der Waals surface area contributed by atoms with E-state index in [0.717, 1.165) is 4.90 Å². The molecule has 3 atom stereocenters. The number of hydrogen-bond acceptors (Lipinski definition) is 7. The Morgan fingerprint density at radius 3 is 2.24 bits per heavy atom. The van der Waals surface area contributed by atoms with Gasteiger partial charge in [-0.05, 0) is 40.7 Å². The number of aliphatic hydroxyl groups is 1. The molecule has 1 aliphatic heterocycles. The van der Waals surface area contributed by atoms with Gasteiger partial charge in [-0.15, -0.1) is 11.3 Å². The Hall–Kier alpha value is -3.08. The van der Waals surface area contributed by atoms with Crippen molar-refractivity contribution in [1.29, 1.82) is 0 Å². The minimum absolute atomic E-state index is 0.314. The first kappa shape index (κ1) is 32.4. The van der Waals surface area contributed by atoms with Gasteiger partial charge in [0.2, 0.25) is 0 Å². The molecule has 3 N–H and O–H groups in total. The molecule has 3 rings (SSSR count). The fraction of sp³-hybridized carbons (Fsp3) is 0.583. The number of halogens is 8. The molecule has 3 heterocycles. The number of hydrogen-bond donors (Lipinski definition) is 3. The molecule has 0 radical (unpaired) electrons. The Labute approximate surface area is 233 Å². The lowest BCUT2D eigenvalue weighted by atomic mass is 10.0. The highest BCUT2D eigenvalue weighted by Crippen LogP contribution is 2.43. The third-order valence-corrected chi connectivity index (χ3v) is 7.62. The predicted octanol–water partition coefficient (Wildman–Crippen LogP) is 5.35. The van der Waals surface area contributed by atoms with Crippen LogP contribution in [0.25, 0.3) is 10.4 Å². The van der Waals surface area contributed by atoms with E-state index in [4.69, 9.17) is 0 Å². The molecule has 2 aromatic heterocycles. The van der Waals surface area contributed by atoms with Crippen molar-refractivity contribution in [2.24, 2.45) is 0 Å². The van der Waals surface area contributed by atoms with Gasteiger partial charge in [0, 0.05) is 24.2 Å². The van der Waals surface area contributed by atoms with Crippen LogP contribution in [0.15, 0.2) is 12.3 Å². The molecule has 1 fully saturated rings. The maximum absolute atomic E-state index is 14.2. The average Bonchev–Trinajstić information content (AvgIpc) is 3.37. The number of carbonyl (C=O) groups is 2. The van der Waals surface area contributed by atoms with Crippen molar-refractivity contribution < 1.29 is 49.8 Å². The number of anilines is 1. The second kappa shape index (κ2) is 11.0. The topological polar surface area (TPSA) is 107 Å². The van der Waals surface area contributed by atoms with Crippen molar-refractivity contribution in [3.05, 3.63) is 28.5 Å². The van der Waals surface area contributed by atoms with Gasteiger partial charge in [0.1, 0.15) is 17.6 Å². The lowest BCUT2D eigenvalue weighted by Gasteiger charge is -2.26. The second-order valence-corrected chi connectivity index (χ2v) is 11.4. The largest absolute Gasteiger partial charge is 0.417 e. The number of nitrogens with one attached hydrogen (secondary N) is 2. The van der Waals surface area contributed by atoms with Crippen LogP contribution in [0.1, 0.15) is 66.9 Å². The van der Waals surface area contributed by atoms with Crippen LogP contribution in [0.5, 0.6) is 0 Å². The van der Waals surface area contributed by atoms with Crippen molar-refractivity contribution >= 4 is 29.0 Å². The summed E-state index contributed by atoms with van der Waals surface area (Å²) in [5.41, 5.74) is -4.46. The van der Waals surface area contributed by atoms with E-state index in [1.54, 1.807) is 0 Å². The van der Waals surface area contributed by atoms with Crippen molar-refractivity contribution in [3.8, 4) is 10.4 Å². The van der Waals surface area contributed by atoms with E-state index in [1.165, 1.54) is 27.7 Å². The van der Waals surface area contributed by atoms with Gasteiger partial charge in [0.05, 0.1) is 28.6 Å². The van der Waals surface area contributed by atoms with E-state index in [1.807, 2.05) is 5.32 Å². The smallest absolute Gasteiger partial charge is 0.388 e. The molecule has 8 nitrogen and oxygen atoms in total. The molecule has 2 aromatic rings. The molecule has 1 saturated heterocycles. The number of thiazole rings is 1. The van der Waals surface area contributed by atoms with Gasteiger partial charge in [-0.25, -0.2) is 18.7 Å². The summed E-state index contributed by atoms with van der Waals surface area (Å²) in [5, 5.41) is 13.8. The maximum atomic E-state index is 14.2. The first-order valence-corrected chi connectivity index (χ1v) is 13.0. The summed E-state index contributed by atoms with van der Waals surface area (Å²) >= 11 is 0.336. The molecule has 0 bridgehead atoms. The zero-order chi connectivity index (χ0) is 31.3. The Morgan fingerprint density at radius 2 is 1.76 bits per heavy atom. The van der Waals surface area contributed by atoms with E-state index in [2.05, 4.69) is 15.3 Å².